The van der Waals surface area contributed by atoms with Crippen molar-refractivity contribution < 1.29 is 4.21 Å². The lowest BCUT2D eigenvalue weighted by Gasteiger charge is -2.17. The van der Waals surface area contributed by atoms with Crippen LogP contribution in [0.4, 0.5) is 0 Å². The van der Waals surface area contributed by atoms with E-state index >= 15 is 0 Å². The molecule has 2 rings (SSSR count). The first-order valence-corrected chi connectivity index (χ1v) is 6.29. The van der Waals surface area contributed by atoms with Crippen molar-refractivity contribution >= 4 is 10.8 Å². The number of benzene rings is 1. The van der Waals surface area contributed by atoms with Crippen LogP contribution in [-0.4, -0.2) is 10.5 Å². The molecular weight excluding hydrogens is 180 g/mol. The molecule has 0 radical (unpaired) electrons. The number of hydrogen-bond donors (Lipinski definition) is 0. The van der Waals surface area contributed by atoms with E-state index in [1.54, 1.807) is 6.26 Å². The molecule has 0 fully saturated rings. The maximum absolute atomic E-state index is 11.4. The predicted molar refractivity (Wildman–Crippen MR) is 55.4 cm³/mol. The van der Waals surface area contributed by atoms with Crippen LogP contribution in [-0.2, 0) is 23.6 Å². The van der Waals surface area contributed by atoms with E-state index in [1.165, 1.54) is 30.4 Å². The monoisotopic (exact) mass is 194 g/mol. The van der Waals surface area contributed by atoms with E-state index in [1.807, 2.05) is 12.1 Å². The van der Waals surface area contributed by atoms with Gasteiger partial charge in [-0.2, -0.15) is 0 Å². The zero-order chi connectivity index (χ0) is 9.26. The SMILES string of the molecule is CS(=O)c1cccc2c1CCCC2. The highest BCUT2D eigenvalue weighted by Gasteiger charge is 2.13. The van der Waals surface area contributed by atoms with Crippen LogP contribution in [0.3, 0.4) is 0 Å². The maximum atomic E-state index is 11.4. The molecule has 0 spiro atoms. The quantitative estimate of drug-likeness (QED) is 0.670. The Bertz CT molecular complexity index is 344. The summed E-state index contributed by atoms with van der Waals surface area (Å²) in [7, 11) is -0.818. The fraction of sp³-hybridized carbons (Fsp3) is 0.455. The lowest BCUT2D eigenvalue weighted by Crippen LogP contribution is -2.06. The van der Waals surface area contributed by atoms with Crippen LogP contribution >= 0.6 is 0 Å². The van der Waals surface area contributed by atoms with Crippen LogP contribution in [0.15, 0.2) is 23.1 Å². The summed E-state index contributed by atoms with van der Waals surface area (Å²) in [5.74, 6) is 0. The van der Waals surface area contributed by atoms with Gasteiger partial charge in [0.15, 0.2) is 0 Å². The normalized spacial score (nSPS) is 17.9. The average Bonchev–Trinajstić information content (AvgIpc) is 2.17. The number of fused-ring (bicyclic) bond motifs is 1. The molecule has 13 heavy (non-hydrogen) atoms. The molecule has 1 nitrogen and oxygen atoms in total. The molecule has 0 amide bonds. The molecule has 1 aromatic rings. The highest BCUT2D eigenvalue weighted by molar-refractivity contribution is 7.84. The van der Waals surface area contributed by atoms with Gasteiger partial charge in [0.25, 0.3) is 0 Å². The zero-order valence-electron chi connectivity index (χ0n) is 7.88. The van der Waals surface area contributed by atoms with E-state index in [2.05, 4.69) is 6.07 Å². The van der Waals surface area contributed by atoms with Crippen LogP contribution in [0.5, 0.6) is 0 Å². The van der Waals surface area contributed by atoms with Crippen molar-refractivity contribution in [2.24, 2.45) is 0 Å². The summed E-state index contributed by atoms with van der Waals surface area (Å²) in [6, 6.07) is 6.20. The smallest absolute Gasteiger partial charge is 0.0501 e. The van der Waals surface area contributed by atoms with Crippen molar-refractivity contribution in [1.82, 2.24) is 0 Å². The molecule has 1 aliphatic rings. The fourth-order valence-electron chi connectivity index (χ4n) is 2.02. The van der Waals surface area contributed by atoms with Crippen LogP contribution in [0.1, 0.15) is 24.0 Å². The molecular formula is C11H14OS. The van der Waals surface area contributed by atoms with E-state index in [9.17, 15) is 4.21 Å². The molecule has 1 atom stereocenters. The van der Waals surface area contributed by atoms with Crippen molar-refractivity contribution in [2.45, 2.75) is 30.6 Å². The van der Waals surface area contributed by atoms with Gasteiger partial charge >= 0.3 is 0 Å². The summed E-state index contributed by atoms with van der Waals surface area (Å²) in [6.07, 6.45) is 6.59. The minimum atomic E-state index is -0.818. The molecule has 0 heterocycles. The molecule has 1 aliphatic carbocycles. The molecule has 70 valence electrons. The highest BCUT2D eigenvalue weighted by atomic mass is 32.2. The van der Waals surface area contributed by atoms with Crippen molar-refractivity contribution in [3.63, 3.8) is 0 Å². The largest absolute Gasteiger partial charge is 0.255 e. The maximum Gasteiger partial charge on any atom is 0.0501 e. The molecule has 1 unspecified atom stereocenters. The Balaban J connectivity index is 2.52. The van der Waals surface area contributed by atoms with Crippen molar-refractivity contribution in [3.05, 3.63) is 29.3 Å². The van der Waals surface area contributed by atoms with E-state index in [-0.39, 0.29) is 0 Å². The molecule has 0 saturated heterocycles. The lowest BCUT2D eigenvalue weighted by atomic mass is 9.92. The van der Waals surface area contributed by atoms with Crippen LogP contribution in [0.25, 0.3) is 0 Å². The van der Waals surface area contributed by atoms with Gasteiger partial charge in [0.2, 0.25) is 0 Å². The first-order valence-electron chi connectivity index (χ1n) is 4.73. The first-order chi connectivity index (χ1) is 6.29. The Morgan fingerprint density at radius 1 is 1.23 bits per heavy atom. The Morgan fingerprint density at radius 3 is 2.77 bits per heavy atom. The van der Waals surface area contributed by atoms with Crippen LogP contribution in [0, 0.1) is 0 Å². The third-order valence-corrected chi connectivity index (χ3v) is 3.66. The van der Waals surface area contributed by atoms with Crippen LogP contribution in [0.2, 0.25) is 0 Å². The van der Waals surface area contributed by atoms with E-state index in [0.29, 0.717) is 0 Å². The summed E-state index contributed by atoms with van der Waals surface area (Å²) >= 11 is 0. The van der Waals surface area contributed by atoms with Crippen molar-refractivity contribution in [1.29, 1.82) is 0 Å². The van der Waals surface area contributed by atoms with E-state index < -0.39 is 10.8 Å². The van der Waals surface area contributed by atoms with Gasteiger partial charge < -0.3 is 0 Å². The molecule has 1 aromatic carbocycles. The van der Waals surface area contributed by atoms with Gasteiger partial charge in [-0.1, -0.05) is 12.1 Å². The third-order valence-electron chi connectivity index (χ3n) is 2.66. The van der Waals surface area contributed by atoms with Crippen molar-refractivity contribution in [3.8, 4) is 0 Å². The number of aryl methyl sites for hydroxylation is 1. The summed E-state index contributed by atoms with van der Waals surface area (Å²) in [5, 5.41) is 0. The lowest BCUT2D eigenvalue weighted by molar-refractivity contribution is 0.665. The number of rotatable bonds is 1. The van der Waals surface area contributed by atoms with Gasteiger partial charge in [-0.25, -0.2) is 0 Å². The fourth-order valence-corrected chi connectivity index (χ4v) is 2.87. The Labute approximate surface area is 81.6 Å². The van der Waals surface area contributed by atoms with Gasteiger partial charge in [-0.15, -0.1) is 0 Å². The predicted octanol–water partition coefficient (Wildman–Crippen LogP) is 2.30. The molecule has 0 aromatic heterocycles. The molecule has 0 aliphatic heterocycles. The second kappa shape index (κ2) is 3.62. The zero-order valence-corrected chi connectivity index (χ0v) is 8.69. The Kier molecular flexibility index (Phi) is 2.49. The minimum Gasteiger partial charge on any atom is -0.255 e. The standard InChI is InChI=1S/C11H14OS/c1-13(12)11-8-4-6-9-5-2-3-7-10(9)11/h4,6,8H,2-3,5,7H2,1H3. The molecule has 0 bridgehead atoms. The summed E-state index contributed by atoms with van der Waals surface area (Å²) < 4.78 is 11.4. The highest BCUT2D eigenvalue weighted by Crippen LogP contribution is 2.25. The van der Waals surface area contributed by atoms with E-state index in [4.69, 9.17) is 0 Å². The number of hydrogen-bond acceptors (Lipinski definition) is 1. The Hall–Kier alpha value is -0.630. The molecule has 0 saturated carbocycles. The molecule has 0 N–H and O–H groups in total. The minimum absolute atomic E-state index is 0.818. The summed E-state index contributed by atoms with van der Waals surface area (Å²) in [4.78, 5) is 1.05. The van der Waals surface area contributed by atoms with Gasteiger partial charge in [0.1, 0.15) is 0 Å². The average molecular weight is 194 g/mol. The van der Waals surface area contributed by atoms with Crippen molar-refractivity contribution in [2.75, 3.05) is 6.26 Å². The summed E-state index contributed by atoms with van der Waals surface area (Å²) in [6.45, 7) is 0. The van der Waals surface area contributed by atoms with Gasteiger partial charge in [0, 0.05) is 11.2 Å². The van der Waals surface area contributed by atoms with Gasteiger partial charge in [0.05, 0.1) is 10.8 Å². The van der Waals surface area contributed by atoms with E-state index in [0.717, 1.165) is 11.3 Å². The molecule has 2 heteroatoms. The third kappa shape index (κ3) is 1.68. The second-order valence-electron chi connectivity index (χ2n) is 3.56. The van der Waals surface area contributed by atoms with Gasteiger partial charge in [-0.3, -0.25) is 4.21 Å². The summed E-state index contributed by atoms with van der Waals surface area (Å²) in [5.41, 5.74) is 2.77. The topological polar surface area (TPSA) is 17.1 Å². The first kappa shape index (κ1) is 8.95. The Morgan fingerprint density at radius 2 is 2.00 bits per heavy atom. The second-order valence-corrected chi connectivity index (χ2v) is 4.90. The van der Waals surface area contributed by atoms with Crippen LogP contribution < -0.4 is 0 Å². The van der Waals surface area contributed by atoms with Gasteiger partial charge in [-0.05, 0) is 42.9 Å².